The van der Waals surface area contributed by atoms with Crippen molar-refractivity contribution in [3.63, 3.8) is 0 Å². The van der Waals surface area contributed by atoms with Gasteiger partial charge in [-0.25, -0.2) is 9.18 Å². The molecule has 0 aromatic heterocycles. The van der Waals surface area contributed by atoms with Crippen LogP contribution in [0.1, 0.15) is 25.3 Å². The average Bonchev–Trinajstić information content (AvgIpc) is 2.49. The molecular formula is C15H18FN3O2. The molecule has 1 saturated heterocycles. The Balaban J connectivity index is 2.06. The Labute approximate surface area is 123 Å². The Hall–Kier alpha value is -2.13. The zero-order chi connectivity index (χ0) is 15.4. The number of anilines is 1. The monoisotopic (exact) mass is 291 g/mol. The Kier molecular flexibility index (Phi) is 4.76. The fraction of sp³-hybridized carbons (Fsp3) is 0.467. The molecule has 112 valence electrons. The minimum Gasteiger partial charge on any atom is -0.393 e. The van der Waals surface area contributed by atoms with E-state index in [9.17, 15) is 14.3 Å². The lowest BCUT2D eigenvalue weighted by molar-refractivity contribution is 0.0766. The van der Waals surface area contributed by atoms with Gasteiger partial charge in [-0.3, -0.25) is 0 Å². The summed E-state index contributed by atoms with van der Waals surface area (Å²) < 4.78 is 13.1. The number of nitrogens with zero attached hydrogens (tertiary/aromatic N) is 2. The van der Waals surface area contributed by atoms with Crippen LogP contribution in [-0.4, -0.2) is 35.2 Å². The summed E-state index contributed by atoms with van der Waals surface area (Å²) in [5, 5.41) is 21.2. The summed E-state index contributed by atoms with van der Waals surface area (Å²) in [5.41, 5.74) is 0.385. The number of nitriles is 1. The van der Waals surface area contributed by atoms with Crippen molar-refractivity contribution < 1.29 is 14.3 Å². The molecule has 5 nitrogen and oxygen atoms in total. The average molecular weight is 291 g/mol. The van der Waals surface area contributed by atoms with E-state index in [2.05, 4.69) is 5.32 Å². The topological polar surface area (TPSA) is 76.4 Å². The number of hydrogen-bond acceptors (Lipinski definition) is 3. The van der Waals surface area contributed by atoms with Crippen molar-refractivity contribution in [1.82, 2.24) is 4.90 Å². The Morgan fingerprint density at radius 3 is 3.05 bits per heavy atom. The number of likely N-dealkylation sites (tertiary alicyclic amines) is 1. The van der Waals surface area contributed by atoms with Gasteiger partial charge < -0.3 is 15.3 Å². The number of amides is 2. The van der Waals surface area contributed by atoms with E-state index in [1.54, 1.807) is 11.8 Å². The fourth-order valence-electron chi connectivity index (χ4n) is 2.50. The van der Waals surface area contributed by atoms with Gasteiger partial charge in [0.1, 0.15) is 11.9 Å². The normalized spacial score (nSPS) is 19.7. The molecule has 1 fully saturated rings. The van der Waals surface area contributed by atoms with Crippen molar-refractivity contribution in [1.29, 1.82) is 5.26 Å². The van der Waals surface area contributed by atoms with E-state index in [0.717, 1.165) is 18.9 Å². The summed E-state index contributed by atoms with van der Waals surface area (Å²) in [7, 11) is 0. The van der Waals surface area contributed by atoms with Gasteiger partial charge in [-0.15, -0.1) is 0 Å². The lowest BCUT2D eigenvalue weighted by Crippen LogP contribution is -2.44. The zero-order valence-corrected chi connectivity index (χ0v) is 11.8. The smallest absolute Gasteiger partial charge is 0.321 e. The van der Waals surface area contributed by atoms with Gasteiger partial charge in [-0.05, 0) is 38.0 Å². The minimum absolute atomic E-state index is 0.0631. The van der Waals surface area contributed by atoms with Crippen molar-refractivity contribution in [2.24, 2.45) is 5.92 Å². The molecule has 2 unspecified atom stereocenters. The third-order valence-corrected chi connectivity index (χ3v) is 3.77. The number of halogens is 1. The van der Waals surface area contributed by atoms with Crippen LogP contribution in [0.4, 0.5) is 14.9 Å². The zero-order valence-electron chi connectivity index (χ0n) is 11.8. The summed E-state index contributed by atoms with van der Waals surface area (Å²) >= 11 is 0. The first-order valence-electron chi connectivity index (χ1n) is 6.95. The standard InChI is InChI=1S/C15H18FN3O2/c1-10(20)11-3-2-6-19(9-11)15(21)18-14-5-4-13(16)7-12(14)8-17/h4-5,7,10-11,20H,2-3,6,9H2,1H3,(H,18,21). The number of hydrogen-bond donors (Lipinski definition) is 2. The van der Waals surface area contributed by atoms with Gasteiger partial charge in [0.25, 0.3) is 0 Å². The van der Waals surface area contributed by atoms with Crippen LogP contribution < -0.4 is 5.32 Å². The number of urea groups is 1. The fourth-order valence-corrected chi connectivity index (χ4v) is 2.50. The number of aliphatic hydroxyl groups is 1. The largest absolute Gasteiger partial charge is 0.393 e. The van der Waals surface area contributed by atoms with Crippen LogP contribution in [0, 0.1) is 23.1 Å². The summed E-state index contributed by atoms with van der Waals surface area (Å²) in [6.07, 6.45) is 1.26. The van der Waals surface area contributed by atoms with E-state index < -0.39 is 11.9 Å². The second-order valence-electron chi connectivity index (χ2n) is 5.32. The van der Waals surface area contributed by atoms with Gasteiger partial charge in [0, 0.05) is 19.0 Å². The van der Waals surface area contributed by atoms with Gasteiger partial charge in [-0.1, -0.05) is 0 Å². The second kappa shape index (κ2) is 6.55. The number of rotatable bonds is 2. The second-order valence-corrected chi connectivity index (χ2v) is 5.32. The number of aliphatic hydroxyl groups excluding tert-OH is 1. The van der Waals surface area contributed by atoms with E-state index in [1.165, 1.54) is 12.1 Å². The molecule has 0 radical (unpaired) electrons. The van der Waals surface area contributed by atoms with E-state index in [4.69, 9.17) is 5.26 Å². The predicted molar refractivity (Wildman–Crippen MR) is 76.1 cm³/mol. The number of nitrogens with one attached hydrogen (secondary N) is 1. The molecule has 2 atom stereocenters. The molecule has 1 heterocycles. The van der Waals surface area contributed by atoms with E-state index in [0.29, 0.717) is 18.8 Å². The highest BCUT2D eigenvalue weighted by molar-refractivity contribution is 5.90. The molecule has 1 aliphatic rings. The molecule has 0 spiro atoms. The maximum atomic E-state index is 13.1. The van der Waals surface area contributed by atoms with E-state index >= 15 is 0 Å². The molecule has 1 aromatic rings. The highest BCUT2D eigenvalue weighted by Crippen LogP contribution is 2.22. The van der Waals surface area contributed by atoms with Crippen LogP contribution >= 0.6 is 0 Å². The van der Waals surface area contributed by atoms with Crippen LogP contribution in [0.2, 0.25) is 0 Å². The summed E-state index contributed by atoms with van der Waals surface area (Å²) in [6, 6.07) is 5.19. The van der Waals surface area contributed by atoms with Crippen LogP contribution in [0.3, 0.4) is 0 Å². The third kappa shape index (κ3) is 3.70. The molecule has 2 N–H and O–H groups in total. The molecule has 2 amide bonds. The Bertz CT molecular complexity index is 569. The van der Waals surface area contributed by atoms with Crippen molar-refractivity contribution in [2.45, 2.75) is 25.9 Å². The van der Waals surface area contributed by atoms with Crippen LogP contribution in [-0.2, 0) is 0 Å². The molecule has 0 aliphatic carbocycles. The van der Waals surface area contributed by atoms with Gasteiger partial charge in [0.2, 0.25) is 0 Å². The van der Waals surface area contributed by atoms with Gasteiger partial charge in [0.05, 0.1) is 17.4 Å². The summed E-state index contributed by atoms with van der Waals surface area (Å²) in [5.74, 6) is -0.454. The highest BCUT2D eigenvalue weighted by Gasteiger charge is 2.26. The van der Waals surface area contributed by atoms with Crippen molar-refractivity contribution in [3.05, 3.63) is 29.6 Å². The Morgan fingerprint density at radius 2 is 2.38 bits per heavy atom. The third-order valence-electron chi connectivity index (χ3n) is 3.77. The molecule has 0 bridgehead atoms. The van der Waals surface area contributed by atoms with Crippen molar-refractivity contribution in [3.8, 4) is 6.07 Å². The van der Waals surface area contributed by atoms with Gasteiger partial charge >= 0.3 is 6.03 Å². The molecule has 1 aromatic carbocycles. The van der Waals surface area contributed by atoms with E-state index in [-0.39, 0.29) is 17.5 Å². The lowest BCUT2D eigenvalue weighted by Gasteiger charge is -2.34. The number of carbonyl (C=O) groups excluding carboxylic acids is 1. The van der Waals surface area contributed by atoms with Crippen molar-refractivity contribution >= 4 is 11.7 Å². The first kappa shape index (κ1) is 15.3. The number of benzene rings is 1. The SMILES string of the molecule is CC(O)C1CCCN(C(=O)Nc2ccc(F)cc2C#N)C1. The number of piperidine rings is 1. The highest BCUT2D eigenvalue weighted by atomic mass is 19.1. The molecule has 6 heteroatoms. The molecule has 21 heavy (non-hydrogen) atoms. The molecule has 0 saturated carbocycles. The lowest BCUT2D eigenvalue weighted by atomic mass is 9.94. The minimum atomic E-state index is -0.517. The predicted octanol–water partition coefficient (Wildman–Crippen LogP) is 2.32. The number of carbonyl (C=O) groups is 1. The summed E-state index contributed by atoms with van der Waals surface area (Å²) in [6.45, 7) is 2.81. The molecule has 1 aliphatic heterocycles. The molecule has 2 rings (SSSR count). The maximum Gasteiger partial charge on any atom is 0.321 e. The van der Waals surface area contributed by atoms with Crippen LogP contribution in [0.5, 0.6) is 0 Å². The van der Waals surface area contributed by atoms with Gasteiger partial charge in [-0.2, -0.15) is 5.26 Å². The quantitative estimate of drug-likeness (QED) is 0.878. The van der Waals surface area contributed by atoms with Crippen molar-refractivity contribution in [2.75, 3.05) is 18.4 Å². The first-order chi connectivity index (χ1) is 10.0. The summed E-state index contributed by atoms with van der Waals surface area (Å²) in [4.78, 5) is 13.8. The maximum absolute atomic E-state index is 13.1. The molecular weight excluding hydrogens is 273 g/mol. The first-order valence-corrected chi connectivity index (χ1v) is 6.95. The van der Waals surface area contributed by atoms with Crippen LogP contribution in [0.15, 0.2) is 18.2 Å². The van der Waals surface area contributed by atoms with Crippen LogP contribution in [0.25, 0.3) is 0 Å². The Morgan fingerprint density at radius 1 is 1.62 bits per heavy atom. The van der Waals surface area contributed by atoms with Gasteiger partial charge in [0.15, 0.2) is 0 Å². The van der Waals surface area contributed by atoms with E-state index in [1.807, 2.05) is 6.07 Å².